The number of rotatable bonds is 50. The van der Waals surface area contributed by atoms with E-state index in [4.69, 9.17) is 22.9 Å². The summed E-state index contributed by atoms with van der Waals surface area (Å²) in [5.74, 6) is -16.3. The van der Waals surface area contributed by atoms with Gasteiger partial charge >= 0.3 is 5.97 Å². The molecule has 626 valence electrons. The van der Waals surface area contributed by atoms with Crippen molar-refractivity contribution < 1.29 is 92.3 Å². The number of aromatic amines is 1. The van der Waals surface area contributed by atoms with Gasteiger partial charge in [0.1, 0.15) is 72.5 Å². The largest absolute Gasteiger partial charge is 0.480 e. The SMILES string of the molecule is CC(O)[C@H](NC(=O)[C@H](Cc1ccccc1)NC(=O)[C@@H](NC(=O)[C@H](CCCCN)NC(=O)[C@H](Cc1c[nH]c2ccccc12)NC(=O)[C@H](Cc1ccccc1)NC(=O)[C@H](Cc1ccccc1)NC(=O)[C@H](CC(N)=O)NC(=O)[C@H](CCCCN)NC(=O)[C@H](CS)NC(=O)CNC(=O)[C@H](C)N)C(C)O)C(=O)N[C@@H](CO)C(=O)N[C@@H](CS)C(=O)O. The minimum Gasteiger partial charge on any atom is -0.480 e. The number of carboxylic acids is 1. The molecule has 26 N–H and O–H groups in total. The fourth-order valence-corrected chi connectivity index (χ4v) is 12.2. The standard InChI is InChI=1S/C76H106N18O19S2/c1-41(79)64(100)82-37-61(99)83-58(39-114)73(109)85-50(27-15-17-29-77)65(101)89-56(35-60(80)98)70(106)87-52(31-44-19-7-4-8-20-44)67(103)86-53(32-45-21-9-5-10-22-45)68(104)88-55(34-47-36-81-49-26-14-13-25-48(47)49)69(105)84-51(28-16-18-30-78)66(102)93-62(42(2)96)74(110)90-54(33-46-23-11-6-12-24-46)71(107)94-63(43(3)97)75(111)91-57(38-95)72(108)92-59(40-115)76(112)113/h4-14,19-26,36,41-43,50-59,62-63,81,95-97,114-115H,15-18,27-35,37-40,77-79H2,1-3H3,(H2,80,98)(H,82,100)(H,83,99)(H,84,105)(H,85,109)(H,86,103)(H,87,106)(H,88,104)(H,89,101)(H,90,110)(H,91,111)(H,92,108)(H,93,102)(H,94,107)(H,112,113)/t41-,42?,43?,50-,51-,52-,53-,54-,55-,56-,57-,58-,59-,62-,63-/m0/s1. The lowest BCUT2D eigenvalue weighted by Crippen LogP contribution is -2.63. The van der Waals surface area contributed by atoms with Crippen molar-refractivity contribution in [1.29, 1.82) is 0 Å². The summed E-state index contributed by atoms with van der Waals surface area (Å²) in [6, 6.07) is 10.9. The Morgan fingerprint density at radius 1 is 0.409 bits per heavy atom. The molecule has 1 heterocycles. The van der Waals surface area contributed by atoms with E-state index >= 15 is 14.4 Å². The first kappa shape index (κ1) is 94.5. The van der Waals surface area contributed by atoms with E-state index in [0.29, 0.717) is 46.0 Å². The van der Waals surface area contributed by atoms with Crippen molar-refractivity contribution in [3.63, 3.8) is 0 Å². The number of hydrogen-bond acceptors (Lipinski definition) is 23. The summed E-state index contributed by atoms with van der Waals surface area (Å²) in [4.78, 5) is 211. The van der Waals surface area contributed by atoms with Crippen molar-refractivity contribution in [1.82, 2.24) is 74.1 Å². The van der Waals surface area contributed by atoms with Gasteiger partial charge in [-0.15, -0.1) is 0 Å². The quantitative estimate of drug-likeness (QED) is 0.0128. The number of H-pyrrole nitrogens is 1. The molecule has 15 atom stereocenters. The molecule has 0 saturated heterocycles. The van der Waals surface area contributed by atoms with Crippen LogP contribution in [0, 0.1) is 0 Å². The molecule has 0 spiro atoms. The third-order valence-corrected chi connectivity index (χ3v) is 18.8. The number of thiol groups is 2. The maximum atomic E-state index is 15.4. The van der Waals surface area contributed by atoms with Gasteiger partial charge < -0.3 is 117 Å². The highest BCUT2D eigenvalue weighted by Crippen LogP contribution is 2.21. The third kappa shape index (κ3) is 31.7. The second-order valence-electron chi connectivity index (χ2n) is 27.4. The topological polar surface area (TPSA) is 613 Å². The van der Waals surface area contributed by atoms with E-state index < -0.39 is 199 Å². The molecule has 0 aliphatic heterocycles. The minimum absolute atomic E-state index is 0.0772. The number of carboxylic acid groups (broad SMARTS) is 1. The van der Waals surface area contributed by atoms with Crippen LogP contribution in [-0.2, 0) is 97.6 Å². The number of nitrogens with one attached hydrogen (secondary N) is 14. The number of unbranched alkanes of at least 4 members (excludes halogenated alkanes) is 2. The fourth-order valence-electron chi connectivity index (χ4n) is 11.7. The van der Waals surface area contributed by atoms with E-state index in [9.17, 15) is 78.0 Å². The van der Waals surface area contributed by atoms with Crippen LogP contribution in [0.5, 0.6) is 0 Å². The van der Waals surface area contributed by atoms with Gasteiger partial charge in [-0.1, -0.05) is 109 Å². The first-order valence-electron chi connectivity index (χ1n) is 37.2. The third-order valence-electron chi connectivity index (χ3n) is 18.1. The molecule has 39 heteroatoms. The van der Waals surface area contributed by atoms with Gasteiger partial charge in [-0.3, -0.25) is 67.1 Å². The summed E-state index contributed by atoms with van der Waals surface area (Å²) in [6.45, 7) is 2.34. The van der Waals surface area contributed by atoms with Gasteiger partial charge in [0.15, 0.2) is 0 Å². The van der Waals surface area contributed by atoms with Crippen LogP contribution in [0.25, 0.3) is 10.9 Å². The van der Waals surface area contributed by atoms with E-state index in [2.05, 4.69) is 99.4 Å². The van der Waals surface area contributed by atoms with Gasteiger partial charge in [-0.25, -0.2) is 4.79 Å². The molecule has 1 aromatic heterocycles. The van der Waals surface area contributed by atoms with E-state index in [1.54, 1.807) is 121 Å². The molecule has 0 radical (unpaired) electrons. The summed E-state index contributed by atoms with van der Waals surface area (Å²) in [5, 5.41) is 74.3. The lowest BCUT2D eigenvalue weighted by Gasteiger charge is -2.29. The van der Waals surface area contributed by atoms with Crippen molar-refractivity contribution >= 4 is 125 Å². The Kier molecular flexibility index (Phi) is 40.2. The van der Waals surface area contributed by atoms with Crippen LogP contribution in [0.4, 0.5) is 0 Å². The molecule has 115 heavy (non-hydrogen) atoms. The van der Waals surface area contributed by atoms with Crippen LogP contribution in [-0.4, -0.2) is 243 Å². The number of aliphatic hydroxyl groups excluding tert-OH is 3. The maximum absolute atomic E-state index is 15.4. The van der Waals surface area contributed by atoms with E-state index in [1.807, 2.05) is 0 Å². The van der Waals surface area contributed by atoms with E-state index in [-0.39, 0.29) is 76.0 Å². The Balaban J connectivity index is 1.47. The Labute approximate surface area is 674 Å². The number of aliphatic hydroxyl groups is 3. The number of primary amides is 1. The molecule has 5 rings (SSSR count). The number of benzene rings is 4. The number of nitrogens with two attached hydrogens (primary N) is 4. The van der Waals surface area contributed by atoms with Crippen LogP contribution in [0.3, 0.4) is 0 Å². The van der Waals surface area contributed by atoms with Gasteiger partial charge in [0, 0.05) is 54.3 Å². The molecule has 37 nitrogen and oxygen atoms in total. The van der Waals surface area contributed by atoms with Crippen LogP contribution >= 0.6 is 25.3 Å². The van der Waals surface area contributed by atoms with Gasteiger partial charge in [-0.2, -0.15) is 25.3 Å². The second-order valence-corrected chi connectivity index (χ2v) is 28.1. The summed E-state index contributed by atoms with van der Waals surface area (Å²) >= 11 is 8.09. The van der Waals surface area contributed by atoms with Crippen molar-refractivity contribution in [2.45, 2.75) is 182 Å². The minimum atomic E-state index is -1.91. The zero-order chi connectivity index (χ0) is 84.8. The molecule has 0 aliphatic rings. The molecular weight excluding hydrogens is 1530 g/mol. The lowest BCUT2D eigenvalue weighted by molar-refractivity contribution is -0.142. The van der Waals surface area contributed by atoms with Crippen LogP contribution in [0.1, 0.15) is 88.0 Å². The van der Waals surface area contributed by atoms with E-state index in [1.165, 1.54) is 6.92 Å². The van der Waals surface area contributed by atoms with Crippen molar-refractivity contribution in [3.8, 4) is 0 Å². The number of carbonyl (C=O) groups is 15. The van der Waals surface area contributed by atoms with Crippen molar-refractivity contribution in [2.75, 3.05) is 37.7 Å². The van der Waals surface area contributed by atoms with Crippen LogP contribution < -0.4 is 92.1 Å². The summed E-state index contributed by atoms with van der Waals surface area (Å²) in [6.07, 6.45) is -2.99. The zero-order valence-electron chi connectivity index (χ0n) is 63.8. The highest BCUT2D eigenvalue weighted by atomic mass is 32.1. The predicted octanol–water partition coefficient (Wildman–Crippen LogP) is -5.45. The first-order chi connectivity index (χ1) is 54.8. The highest BCUT2D eigenvalue weighted by molar-refractivity contribution is 7.80. The molecule has 4 aromatic carbocycles. The number of amides is 14. The molecule has 5 aromatic rings. The molecule has 0 fully saturated rings. The normalized spacial score (nSPS) is 15.1. The lowest BCUT2D eigenvalue weighted by atomic mass is 10.00. The Bertz CT molecular complexity index is 4090. The van der Waals surface area contributed by atoms with Gasteiger partial charge in [0.25, 0.3) is 0 Å². The Hall–Kier alpha value is -11.1. The Morgan fingerprint density at radius 2 is 0.757 bits per heavy atom. The number of aliphatic carboxylic acids is 1. The highest BCUT2D eigenvalue weighted by Gasteiger charge is 2.39. The molecular formula is C76H106N18O19S2. The molecule has 0 saturated carbocycles. The smallest absolute Gasteiger partial charge is 0.327 e. The summed E-state index contributed by atoms with van der Waals surface area (Å²) in [7, 11) is 0. The molecule has 0 aliphatic carbocycles. The summed E-state index contributed by atoms with van der Waals surface area (Å²) in [5.41, 5.74) is 25.4. The van der Waals surface area contributed by atoms with Gasteiger partial charge in [-0.05, 0) is 101 Å². The van der Waals surface area contributed by atoms with Crippen molar-refractivity contribution in [2.24, 2.45) is 22.9 Å². The number of fused-ring (bicyclic) bond motifs is 1. The molecule has 2 unspecified atom stereocenters. The molecule has 14 amide bonds. The number of carbonyl (C=O) groups excluding carboxylic acids is 14. The fraction of sp³-hybridized carbons (Fsp3) is 0.461. The predicted molar refractivity (Wildman–Crippen MR) is 428 cm³/mol. The van der Waals surface area contributed by atoms with Crippen LogP contribution in [0.15, 0.2) is 121 Å². The van der Waals surface area contributed by atoms with Crippen molar-refractivity contribution in [3.05, 3.63) is 144 Å². The maximum Gasteiger partial charge on any atom is 0.327 e. The molecule has 0 bridgehead atoms. The number of aromatic nitrogens is 1. The first-order valence-corrected chi connectivity index (χ1v) is 38.5. The summed E-state index contributed by atoms with van der Waals surface area (Å²) < 4.78 is 0. The monoisotopic (exact) mass is 1640 g/mol. The average Bonchev–Trinajstić information content (AvgIpc) is 1.24. The van der Waals surface area contributed by atoms with Crippen LogP contribution in [0.2, 0.25) is 0 Å². The zero-order valence-corrected chi connectivity index (χ0v) is 65.6. The Morgan fingerprint density at radius 3 is 1.17 bits per heavy atom. The number of para-hydroxylation sites is 1. The second kappa shape index (κ2) is 48.9. The van der Waals surface area contributed by atoms with E-state index in [0.717, 1.165) is 13.8 Å². The average molecular weight is 1640 g/mol. The van der Waals surface area contributed by atoms with Gasteiger partial charge in [0.05, 0.1) is 37.8 Å². The number of hydrogen-bond donors (Lipinski definition) is 24. The van der Waals surface area contributed by atoms with Gasteiger partial charge in [0.2, 0.25) is 82.7 Å².